The molecule has 0 saturated carbocycles. The van der Waals surface area contributed by atoms with Crippen LogP contribution in [-0.4, -0.2) is 28.4 Å². The van der Waals surface area contributed by atoms with Gasteiger partial charge in [-0.2, -0.15) is 0 Å². The van der Waals surface area contributed by atoms with E-state index in [1.165, 1.54) is 12.1 Å². The van der Waals surface area contributed by atoms with Crippen molar-refractivity contribution < 1.29 is 19.1 Å². The number of hydrogen-bond acceptors (Lipinski definition) is 4. The van der Waals surface area contributed by atoms with Crippen molar-refractivity contribution in [1.29, 1.82) is 0 Å². The fourth-order valence-corrected chi connectivity index (χ4v) is 2.60. The van der Waals surface area contributed by atoms with E-state index in [1.54, 1.807) is 18.2 Å². The number of benzene rings is 2. The number of rotatable bonds is 4. The maximum atomic E-state index is 12.8. The van der Waals surface area contributed by atoms with Gasteiger partial charge in [0.05, 0.1) is 5.52 Å². The number of azo groups is 1. The van der Waals surface area contributed by atoms with Crippen molar-refractivity contribution in [2.75, 3.05) is 6.54 Å². The average molecular weight is 419 g/mol. The standard InChI is InChI=1S/C17H12BrFN4O3/c18-10-3-6-13-12(7-10)15(17(26)21-13)23-22-14(24)8-20-16(25)9-1-4-11(19)5-2-9/h1-7,21,26H,8H2,(H,20,25). The van der Waals surface area contributed by atoms with Gasteiger partial charge >= 0.3 is 0 Å². The number of nitrogens with zero attached hydrogens (tertiary/aromatic N) is 2. The topological polar surface area (TPSA) is 107 Å². The van der Waals surface area contributed by atoms with Crippen LogP contribution in [0.2, 0.25) is 0 Å². The van der Waals surface area contributed by atoms with Gasteiger partial charge in [-0.05, 0) is 42.5 Å². The van der Waals surface area contributed by atoms with Gasteiger partial charge in [-0.3, -0.25) is 9.59 Å². The van der Waals surface area contributed by atoms with Gasteiger partial charge in [0.15, 0.2) is 5.69 Å². The van der Waals surface area contributed by atoms with Crippen molar-refractivity contribution in [1.82, 2.24) is 10.3 Å². The van der Waals surface area contributed by atoms with Crippen molar-refractivity contribution in [3.63, 3.8) is 0 Å². The summed E-state index contributed by atoms with van der Waals surface area (Å²) in [5, 5.41) is 20.1. The van der Waals surface area contributed by atoms with Crippen LogP contribution in [0.1, 0.15) is 10.4 Å². The maximum absolute atomic E-state index is 12.8. The highest BCUT2D eigenvalue weighted by molar-refractivity contribution is 9.10. The molecular weight excluding hydrogens is 407 g/mol. The van der Waals surface area contributed by atoms with Gasteiger partial charge in [0.25, 0.3) is 11.8 Å². The summed E-state index contributed by atoms with van der Waals surface area (Å²) in [6, 6.07) is 10.2. The first kappa shape index (κ1) is 17.7. The zero-order chi connectivity index (χ0) is 18.7. The highest BCUT2D eigenvalue weighted by Crippen LogP contribution is 2.36. The Morgan fingerprint density at radius 3 is 2.65 bits per heavy atom. The third-order valence-corrected chi connectivity index (χ3v) is 3.98. The Kier molecular flexibility index (Phi) is 5.08. The molecule has 0 bridgehead atoms. The summed E-state index contributed by atoms with van der Waals surface area (Å²) in [7, 11) is 0. The monoisotopic (exact) mass is 418 g/mol. The summed E-state index contributed by atoms with van der Waals surface area (Å²) >= 11 is 3.32. The summed E-state index contributed by atoms with van der Waals surface area (Å²) in [5.41, 5.74) is 0.978. The van der Waals surface area contributed by atoms with Gasteiger partial charge in [0.1, 0.15) is 12.4 Å². The lowest BCUT2D eigenvalue weighted by molar-refractivity contribution is -0.117. The van der Waals surface area contributed by atoms with Gasteiger partial charge < -0.3 is 15.4 Å². The van der Waals surface area contributed by atoms with Crippen LogP contribution >= 0.6 is 15.9 Å². The van der Waals surface area contributed by atoms with E-state index in [4.69, 9.17) is 0 Å². The number of aromatic nitrogens is 1. The van der Waals surface area contributed by atoms with E-state index in [0.717, 1.165) is 16.6 Å². The van der Waals surface area contributed by atoms with E-state index in [1.807, 2.05) is 0 Å². The van der Waals surface area contributed by atoms with Crippen LogP contribution in [0, 0.1) is 5.82 Å². The third kappa shape index (κ3) is 3.94. The first-order chi connectivity index (χ1) is 12.4. The van der Waals surface area contributed by atoms with E-state index < -0.39 is 17.6 Å². The number of nitrogens with one attached hydrogen (secondary N) is 2. The molecule has 0 spiro atoms. The molecule has 3 aromatic rings. The first-order valence-corrected chi connectivity index (χ1v) is 8.22. The molecule has 0 radical (unpaired) electrons. The first-order valence-electron chi connectivity index (χ1n) is 7.42. The van der Waals surface area contributed by atoms with Crippen molar-refractivity contribution in [3.05, 3.63) is 58.3 Å². The lowest BCUT2D eigenvalue weighted by atomic mass is 10.2. The Morgan fingerprint density at radius 2 is 1.92 bits per heavy atom. The van der Waals surface area contributed by atoms with Crippen LogP contribution in [0.25, 0.3) is 10.9 Å². The molecule has 132 valence electrons. The fraction of sp³-hybridized carbons (Fsp3) is 0.0588. The van der Waals surface area contributed by atoms with E-state index in [2.05, 4.69) is 36.5 Å². The van der Waals surface area contributed by atoms with Gasteiger partial charge in [-0.1, -0.05) is 15.9 Å². The van der Waals surface area contributed by atoms with Crippen LogP contribution in [-0.2, 0) is 4.79 Å². The number of amides is 2. The van der Waals surface area contributed by atoms with Crippen molar-refractivity contribution >= 4 is 44.3 Å². The van der Waals surface area contributed by atoms with E-state index in [9.17, 15) is 19.1 Å². The smallest absolute Gasteiger partial charge is 0.283 e. The molecule has 3 N–H and O–H groups in total. The largest absolute Gasteiger partial charge is 0.493 e. The molecule has 2 amide bonds. The molecule has 0 atom stereocenters. The molecule has 7 nitrogen and oxygen atoms in total. The molecule has 26 heavy (non-hydrogen) atoms. The van der Waals surface area contributed by atoms with Crippen molar-refractivity contribution in [2.45, 2.75) is 0 Å². The fourth-order valence-electron chi connectivity index (χ4n) is 2.24. The quantitative estimate of drug-likeness (QED) is 0.560. The number of carbonyl (C=O) groups excluding carboxylic acids is 2. The molecule has 0 aliphatic rings. The van der Waals surface area contributed by atoms with Crippen LogP contribution in [0.5, 0.6) is 5.88 Å². The van der Waals surface area contributed by atoms with E-state index >= 15 is 0 Å². The van der Waals surface area contributed by atoms with Crippen LogP contribution in [0.3, 0.4) is 0 Å². The minimum absolute atomic E-state index is 0.125. The molecular formula is C17H12BrFN4O3. The Labute approximate surface area is 155 Å². The number of halogens is 2. The Balaban J connectivity index is 1.66. The number of aromatic amines is 1. The highest BCUT2D eigenvalue weighted by Gasteiger charge is 2.12. The number of hydrogen-bond donors (Lipinski definition) is 3. The second-order valence-corrected chi connectivity index (χ2v) is 6.21. The van der Waals surface area contributed by atoms with Gasteiger partial charge in [-0.15, -0.1) is 10.2 Å². The molecule has 0 fully saturated rings. The molecule has 3 rings (SSSR count). The molecule has 1 aromatic heterocycles. The number of fused-ring (bicyclic) bond motifs is 1. The summed E-state index contributed by atoms with van der Waals surface area (Å²) < 4.78 is 13.6. The average Bonchev–Trinajstić information content (AvgIpc) is 2.93. The van der Waals surface area contributed by atoms with Gasteiger partial charge in [-0.25, -0.2) is 4.39 Å². The minimum atomic E-state index is -0.704. The summed E-state index contributed by atoms with van der Waals surface area (Å²) in [5.74, 6) is -1.92. The number of aromatic hydroxyl groups is 1. The predicted molar refractivity (Wildman–Crippen MR) is 95.9 cm³/mol. The molecule has 2 aromatic carbocycles. The lowest BCUT2D eigenvalue weighted by Crippen LogP contribution is -2.28. The summed E-state index contributed by atoms with van der Waals surface area (Å²) in [6.45, 7) is -0.382. The van der Waals surface area contributed by atoms with Crippen LogP contribution in [0.15, 0.2) is 57.2 Å². The van der Waals surface area contributed by atoms with Gasteiger partial charge in [0.2, 0.25) is 5.88 Å². The molecule has 0 aliphatic heterocycles. The zero-order valence-electron chi connectivity index (χ0n) is 13.2. The van der Waals surface area contributed by atoms with Crippen molar-refractivity contribution in [2.24, 2.45) is 10.2 Å². The second-order valence-electron chi connectivity index (χ2n) is 5.30. The maximum Gasteiger partial charge on any atom is 0.283 e. The lowest BCUT2D eigenvalue weighted by Gasteiger charge is -2.02. The Morgan fingerprint density at radius 1 is 1.19 bits per heavy atom. The predicted octanol–water partition coefficient (Wildman–Crippen LogP) is 3.82. The van der Waals surface area contributed by atoms with E-state index in [-0.39, 0.29) is 23.7 Å². The van der Waals surface area contributed by atoms with Crippen LogP contribution < -0.4 is 5.32 Å². The second kappa shape index (κ2) is 7.44. The van der Waals surface area contributed by atoms with E-state index in [0.29, 0.717) is 10.9 Å². The molecule has 1 heterocycles. The third-order valence-electron chi connectivity index (χ3n) is 3.48. The molecule has 0 aliphatic carbocycles. The number of H-pyrrole nitrogens is 1. The Bertz CT molecular complexity index is 1010. The normalized spacial score (nSPS) is 11.2. The molecule has 9 heteroatoms. The van der Waals surface area contributed by atoms with Gasteiger partial charge in [0, 0.05) is 15.4 Å². The highest BCUT2D eigenvalue weighted by atomic mass is 79.9. The van der Waals surface area contributed by atoms with Crippen LogP contribution in [0.4, 0.5) is 10.1 Å². The number of carbonyl (C=O) groups is 2. The SMILES string of the molecule is O=C(CNC(=O)c1ccc(F)cc1)N=Nc1c(O)[nH]c2ccc(Br)cc12. The molecule has 0 unspecified atom stereocenters. The summed E-state index contributed by atoms with van der Waals surface area (Å²) in [4.78, 5) is 26.4. The summed E-state index contributed by atoms with van der Waals surface area (Å²) in [6.07, 6.45) is 0. The molecule has 0 saturated heterocycles. The van der Waals surface area contributed by atoms with Crippen molar-refractivity contribution in [3.8, 4) is 5.88 Å². The zero-order valence-corrected chi connectivity index (χ0v) is 14.7. The Hall–Kier alpha value is -3.07. The minimum Gasteiger partial charge on any atom is -0.493 e.